The van der Waals surface area contributed by atoms with Crippen LogP contribution in [0.15, 0.2) is 58.8 Å². The second kappa shape index (κ2) is 8.49. The number of primary amides is 1. The third kappa shape index (κ3) is 4.64. The summed E-state index contributed by atoms with van der Waals surface area (Å²) in [6, 6.07) is 10.2. The SMILES string of the molecule is C[C@@H](Sc1nnc(-c2cccnc2)n1-c1ccc(SC(F)F)cc1)C(N)=O. The number of nitrogens with two attached hydrogens (primary N) is 1. The first-order valence-corrected chi connectivity index (χ1v) is 9.58. The summed E-state index contributed by atoms with van der Waals surface area (Å²) in [6.07, 6.45) is 3.29. The van der Waals surface area contributed by atoms with Crippen molar-refractivity contribution in [3.05, 3.63) is 48.8 Å². The highest BCUT2D eigenvalue weighted by Gasteiger charge is 2.20. The van der Waals surface area contributed by atoms with Crippen LogP contribution in [0.5, 0.6) is 0 Å². The molecule has 6 nitrogen and oxygen atoms in total. The van der Waals surface area contributed by atoms with Gasteiger partial charge in [0.25, 0.3) is 5.76 Å². The highest BCUT2D eigenvalue weighted by atomic mass is 32.2. The van der Waals surface area contributed by atoms with E-state index < -0.39 is 16.9 Å². The lowest BCUT2D eigenvalue weighted by atomic mass is 10.2. The van der Waals surface area contributed by atoms with Gasteiger partial charge in [-0.05, 0) is 43.3 Å². The maximum absolute atomic E-state index is 12.5. The van der Waals surface area contributed by atoms with Gasteiger partial charge in [-0.3, -0.25) is 14.3 Å². The van der Waals surface area contributed by atoms with E-state index in [2.05, 4.69) is 15.2 Å². The second-order valence-electron chi connectivity index (χ2n) is 5.42. The fourth-order valence-electron chi connectivity index (χ4n) is 2.25. The molecule has 140 valence electrons. The molecular formula is C17H15F2N5OS2. The fourth-order valence-corrected chi connectivity index (χ4v) is 3.57. The molecule has 3 rings (SSSR count). The van der Waals surface area contributed by atoms with Gasteiger partial charge in [0, 0.05) is 28.5 Å². The van der Waals surface area contributed by atoms with Crippen molar-refractivity contribution in [1.29, 1.82) is 0 Å². The van der Waals surface area contributed by atoms with E-state index in [-0.39, 0.29) is 0 Å². The molecule has 2 heterocycles. The third-order valence-corrected chi connectivity index (χ3v) is 5.34. The van der Waals surface area contributed by atoms with Crippen LogP contribution in [0.4, 0.5) is 8.78 Å². The van der Waals surface area contributed by atoms with E-state index in [0.717, 1.165) is 5.56 Å². The van der Waals surface area contributed by atoms with Crippen LogP contribution in [-0.4, -0.2) is 36.7 Å². The van der Waals surface area contributed by atoms with Crippen molar-refractivity contribution in [3.8, 4) is 17.1 Å². The molecule has 0 saturated carbocycles. The third-order valence-electron chi connectivity index (χ3n) is 3.56. The predicted molar refractivity (Wildman–Crippen MR) is 101 cm³/mol. The summed E-state index contributed by atoms with van der Waals surface area (Å²) in [5, 5.41) is 8.35. The minimum atomic E-state index is -2.49. The molecule has 0 fully saturated rings. The summed E-state index contributed by atoms with van der Waals surface area (Å²) >= 11 is 1.65. The number of amides is 1. The van der Waals surface area contributed by atoms with Crippen molar-refractivity contribution in [2.45, 2.75) is 28.0 Å². The summed E-state index contributed by atoms with van der Waals surface area (Å²) in [5.74, 6) is -2.43. The number of halogens is 2. The van der Waals surface area contributed by atoms with Gasteiger partial charge in [0.15, 0.2) is 11.0 Å². The molecule has 0 spiro atoms. The van der Waals surface area contributed by atoms with Gasteiger partial charge in [-0.1, -0.05) is 23.5 Å². The van der Waals surface area contributed by atoms with Crippen molar-refractivity contribution in [1.82, 2.24) is 19.7 Å². The maximum Gasteiger partial charge on any atom is 0.288 e. The first-order valence-electron chi connectivity index (χ1n) is 7.82. The Bertz CT molecular complexity index is 919. The van der Waals surface area contributed by atoms with E-state index in [9.17, 15) is 13.6 Å². The Morgan fingerprint density at radius 3 is 2.48 bits per heavy atom. The number of pyridine rings is 1. The van der Waals surface area contributed by atoms with E-state index in [1.54, 1.807) is 54.2 Å². The number of alkyl halides is 2. The molecule has 1 aromatic carbocycles. The molecule has 0 bridgehead atoms. The minimum Gasteiger partial charge on any atom is -0.369 e. The Kier molecular flexibility index (Phi) is 6.07. The molecule has 0 unspecified atom stereocenters. The molecule has 2 aromatic heterocycles. The summed E-state index contributed by atoms with van der Waals surface area (Å²) in [5.41, 5.74) is 6.76. The topological polar surface area (TPSA) is 86.7 Å². The lowest BCUT2D eigenvalue weighted by molar-refractivity contribution is -0.117. The molecule has 1 atom stereocenters. The molecule has 0 aliphatic rings. The number of thioether (sulfide) groups is 2. The van der Waals surface area contributed by atoms with Gasteiger partial charge in [-0.25, -0.2) is 0 Å². The smallest absolute Gasteiger partial charge is 0.288 e. The van der Waals surface area contributed by atoms with Crippen molar-refractivity contribution in [2.24, 2.45) is 5.73 Å². The quantitative estimate of drug-likeness (QED) is 0.602. The molecule has 0 aliphatic heterocycles. The summed E-state index contributed by atoms with van der Waals surface area (Å²) in [4.78, 5) is 16.0. The van der Waals surface area contributed by atoms with Gasteiger partial charge in [0.05, 0.1) is 5.25 Å². The number of nitrogens with zero attached hydrogens (tertiary/aromatic N) is 4. The molecule has 1 amide bonds. The molecule has 0 radical (unpaired) electrons. The minimum absolute atomic E-state index is 0.449. The van der Waals surface area contributed by atoms with Gasteiger partial charge in [-0.15, -0.1) is 10.2 Å². The molecule has 0 aliphatic carbocycles. The van der Waals surface area contributed by atoms with Crippen LogP contribution in [0, 0.1) is 0 Å². The van der Waals surface area contributed by atoms with E-state index in [4.69, 9.17) is 5.73 Å². The lowest BCUT2D eigenvalue weighted by Crippen LogP contribution is -2.23. The van der Waals surface area contributed by atoms with Crippen molar-refractivity contribution < 1.29 is 13.6 Å². The molecule has 0 saturated heterocycles. The van der Waals surface area contributed by atoms with E-state index in [1.807, 2.05) is 6.07 Å². The number of hydrogen-bond donors (Lipinski definition) is 1. The largest absolute Gasteiger partial charge is 0.369 e. The van der Waals surface area contributed by atoms with Crippen molar-refractivity contribution in [3.63, 3.8) is 0 Å². The van der Waals surface area contributed by atoms with Crippen LogP contribution in [-0.2, 0) is 4.79 Å². The van der Waals surface area contributed by atoms with Crippen molar-refractivity contribution >= 4 is 29.4 Å². The van der Waals surface area contributed by atoms with E-state index in [1.165, 1.54) is 11.8 Å². The number of rotatable bonds is 7. The Balaban J connectivity index is 2.04. The lowest BCUT2D eigenvalue weighted by Gasteiger charge is -2.12. The van der Waals surface area contributed by atoms with Crippen LogP contribution in [0.1, 0.15) is 6.92 Å². The van der Waals surface area contributed by atoms with Crippen LogP contribution in [0.3, 0.4) is 0 Å². The molecule has 10 heteroatoms. The number of carbonyl (C=O) groups is 1. The highest BCUT2D eigenvalue weighted by molar-refractivity contribution is 8.00. The van der Waals surface area contributed by atoms with E-state index in [0.29, 0.717) is 33.3 Å². The predicted octanol–water partition coefficient (Wildman–Crippen LogP) is 3.61. The number of hydrogen-bond acceptors (Lipinski definition) is 6. The van der Waals surface area contributed by atoms with Crippen molar-refractivity contribution in [2.75, 3.05) is 0 Å². The molecule has 27 heavy (non-hydrogen) atoms. The van der Waals surface area contributed by atoms with Gasteiger partial charge in [0.2, 0.25) is 5.91 Å². The zero-order valence-corrected chi connectivity index (χ0v) is 15.8. The Morgan fingerprint density at radius 1 is 1.15 bits per heavy atom. The maximum atomic E-state index is 12.5. The zero-order valence-electron chi connectivity index (χ0n) is 14.1. The Morgan fingerprint density at radius 2 is 1.89 bits per heavy atom. The molecule has 3 aromatic rings. The van der Waals surface area contributed by atoms with Crippen LogP contribution >= 0.6 is 23.5 Å². The second-order valence-corrected chi connectivity index (χ2v) is 7.79. The summed E-state index contributed by atoms with van der Waals surface area (Å²) < 4.78 is 26.8. The monoisotopic (exact) mass is 407 g/mol. The number of benzene rings is 1. The standard InChI is InChI=1S/C17H15F2N5OS2/c1-10(14(20)25)26-17-23-22-15(11-3-2-8-21-9-11)24(17)12-4-6-13(7-5-12)27-16(18)19/h2-10,16H,1H3,(H2,20,25)/t10-/m1/s1. The summed E-state index contributed by atoms with van der Waals surface area (Å²) in [6.45, 7) is 1.68. The average molecular weight is 407 g/mol. The van der Waals surface area contributed by atoms with Crippen LogP contribution in [0.25, 0.3) is 17.1 Å². The van der Waals surface area contributed by atoms with Crippen LogP contribution in [0.2, 0.25) is 0 Å². The Labute approximate surface area is 162 Å². The normalized spacial score (nSPS) is 12.3. The Hall–Kier alpha value is -2.46. The van der Waals surface area contributed by atoms with E-state index >= 15 is 0 Å². The average Bonchev–Trinajstić information content (AvgIpc) is 3.06. The van der Waals surface area contributed by atoms with Crippen LogP contribution < -0.4 is 5.73 Å². The number of carbonyl (C=O) groups excluding carboxylic acids is 1. The van der Waals surface area contributed by atoms with Gasteiger partial charge < -0.3 is 5.73 Å². The molecular weight excluding hydrogens is 392 g/mol. The first-order chi connectivity index (χ1) is 13.0. The van der Waals surface area contributed by atoms with Gasteiger partial charge >= 0.3 is 0 Å². The zero-order chi connectivity index (χ0) is 19.4. The first kappa shape index (κ1) is 19.3. The molecule has 2 N–H and O–H groups in total. The van der Waals surface area contributed by atoms with Gasteiger partial charge in [0.1, 0.15) is 0 Å². The highest BCUT2D eigenvalue weighted by Crippen LogP contribution is 2.31. The van der Waals surface area contributed by atoms with Gasteiger partial charge in [-0.2, -0.15) is 8.78 Å². The number of aromatic nitrogens is 4. The summed E-state index contributed by atoms with van der Waals surface area (Å²) in [7, 11) is 0. The fraction of sp³-hybridized carbons (Fsp3) is 0.176.